The quantitative estimate of drug-likeness (QED) is 0.348. The highest BCUT2D eigenvalue weighted by atomic mass is 16.3. The molecule has 0 atom stereocenters. The van der Waals surface area contributed by atoms with Crippen LogP contribution in [0.2, 0.25) is 0 Å². The molecular formula is C24H15N9O3. The summed E-state index contributed by atoms with van der Waals surface area (Å²) >= 11 is 0. The summed E-state index contributed by atoms with van der Waals surface area (Å²) in [6.45, 7) is 0. The van der Waals surface area contributed by atoms with Crippen molar-refractivity contribution < 1.29 is 15.3 Å². The minimum absolute atomic E-state index is 0.197. The number of aromatic hydroxyl groups is 3. The van der Waals surface area contributed by atoms with Crippen LogP contribution in [0.5, 0.6) is 17.2 Å². The molecule has 12 heteroatoms. The van der Waals surface area contributed by atoms with Crippen molar-refractivity contribution in [3.63, 3.8) is 0 Å². The summed E-state index contributed by atoms with van der Waals surface area (Å²) in [6.07, 6.45) is 0. The topological polar surface area (TPSA) is 153 Å². The minimum atomic E-state index is -0.536. The first-order chi connectivity index (χ1) is 17.6. The van der Waals surface area contributed by atoms with Gasteiger partial charge in [0.1, 0.15) is 33.1 Å². The molecule has 12 nitrogen and oxygen atoms in total. The Bertz CT molecular complexity index is 1610. The third kappa shape index (κ3) is 2.81. The van der Waals surface area contributed by atoms with E-state index >= 15 is 0 Å². The van der Waals surface area contributed by atoms with Crippen molar-refractivity contribution in [2.75, 3.05) is 0 Å². The molecule has 4 aromatic carbocycles. The number of hydrogen-bond acceptors (Lipinski definition) is 9. The van der Waals surface area contributed by atoms with Crippen LogP contribution in [-0.2, 0) is 0 Å². The molecule has 174 valence electrons. The van der Waals surface area contributed by atoms with Crippen LogP contribution in [-0.4, -0.2) is 60.3 Å². The lowest BCUT2D eigenvalue weighted by atomic mass is 10.1. The first-order valence-electron chi connectivity index (χ1n) is 10.9. The predicted octanol–water partition coefficient (Wildman–Crippen LogP) is 3.01. The number of aromatic nitrogens is 9. The number of rotatable bonds is 3. The molecule has 3 N–H and O–H groups in total. The van der Waals surface area contributed by atoms with Crippen LogP contribution >= 0.6 is 0 Å². The van der Waals surface area contributed by atoms with Crippen molar-refractivity contribution >= 4 is 33.1 Å². The van der Waals surface area contributed by atoms with E-state index in [0.29, 0.717) is 33.1 Å². The standard InChI is InChI=1S/C24H15N9O3/c34-22-19(31-25-13-7-1-2-8-14(13)26-31)23(35)21(33-29-17-11-5-6-12-18(17)30-33)24(36)20(22)32-27-15-9-3-4-10-16(15)28-32/h1-12,34-36H. The van der Waals surface area contributed by atoms with Gasteiger partial charge in [0.05, 0.1) is 0 Å². The molecule has 3 heterocycles. The second kappa shape index (κ2) is 7.24. The molecule has 0 aliphatic heterocycles. The van der Waals surface area contributed by atoms with Gasteiger partial charge >= 0.3 is 0 Å². The van der Waals surface area contributed by atoms with E-state index in [-0.39, 0.29) is 17.1 Å². The largest absolute Gasteiger partial charge is 0.504 e. The van der Waals surface area contributed by atoms with E-state index in [1.165, 1.54) is 0 Å². The normalized spacial score (nSPS) is 11.7. The molecule has 0 aliphatic carbocycles. The molecule has 0 unspecified atom stereocenters. The number of hydrogen-bond donors (Lipinski definition) is 3. The third-order valence-corrected chi connectivity index (χ3v) is 5.81. The van der Waals surface area contributed by atoms with Gasteiger partial charge in [-0.3, -0.25) is 0 Å². The second-order valence-electron chi connectivity index (χ2n) is 8.03. The number of phenols is 3. The van der Waals surface area contributed by atoms with Crippen LogP contribution in [0.1, 0.15) is 0 Å². The zero-order valence-electron chi connectivity index (χ0n) is 18.3. The molecule has 0 radical (unpaired) electrons. The van der Waals surface area contributed by atoms with Crippen molar-refractivity contribution in [3.8, 4) is 34.3 Å². The first kappa shape index (κ1) is 19.9. The first-order valence-corrected chi connectivity index (χ1v) is 10.9. The van der Waals surface area contributed by atoms with Crippen LogP contribution in [0.15, 0.2) is 72.8 Å². The SMILES string of the molecule is Oc1c(-n2nc3ccccc3n2)c(O)c(-n2nc3ccccc3n2)c(O)c1-n1nc2ccccc2n1. The Morgan fingerprint density at radius 3 is 0.750 bits per heavy atom. The molecular weight excluding hydrogens is 462 g/mol. The fraction of sp³-hybridized carbons (Fsp3) is 0. The van der Waals surface area contributed by atoms with Crippen molar-refractivity contribution in [3.05, 3.63) is 72.8 Å². The zero-order valence-corrected chi connectivity index (χ0v) is 18.3. The van der Waals surface area contributed by atoms with E-state index in [4.69, 9.17) is 0 Å². The van der Waals surface area contributed by atoms with Gasteiger partial charge in [0.25, 0.3) is 0 Å². The Hall–Kier alpha value is -5.52. The minimum Gasteiger partial charge on any atom is -0.504 e. The van der Waals surface area contributed by atoms with Crippen molar-refractivity contribution in [2.45, 2.75) is 0 Å². The molecule has 0 amide bonds. The highest BCUT2D eigenvalue weighted by molar-refractivity contribution is 5.82. The highest BCUT2D eigenvalue weighted by Gasteiger charge is 2.31. The Morgan fingerprint density at radius 2 is 0.556 bits per heavy atom. The summed E-state index contributed by atoms with van der Waals surface area (Å²) in [6, 6.07) is 21.3. The highest BCUT2D eigenvalue weighted by Crippen LogP contribution is 2.47. The van der Waals surface area contributed by atoms with E-state index in [0.717, 1.165) is 14.4 Å². The molecule has 36 heavy (non-hydrogen) atoms. The fourth-order valence-electron chi connectivity index (χ4n) is 4.12. The van der Waals surface area contributed by atoms with Gasteiger partial charge in [0, 0.05) is 0 Å². The lowest BCUT2D eigenvalue weighted by molar-refractivity contribution is 0.405. The summed E-state index contributed by atoms with van der Waals surface area (Å²) in [5.41, 5.74) is 2.65. The predicted molar refractivity (Wildman–Crippen MR) is 129 cm³/mol. The Kier molecular flexibility index (Phi) is 4.00. The third-order valence-electron chi connectivity index (χ3n) is 5.81. The molecule has 7 aromatic rings. The second-order valence-corrected chi connectivity index (χ2v) is 8.03. The summed E-state index contributed by atoms with van der Waals surface area (Å²) in [5.74, 6) is -1.61. The molecule has 0 saturated heterocycles. The van der Waals surface area contributed by atoms with Crippen molar-refractivity contribution in [2.24, 2.45) is 0 Å². The lowest BCUT2D eigenvalue weighted by Gasteiger charge is -2.16. The summed E-state index contributed by atoms with van der Waals surface area (Å²) in [5, 5.41) is 60.4. The Balaban J connectivity index is 1.57. The molecule has 0 fully saturated rings. The monoisotopic (exact) mass is 477 g/mol. The maximum Gasteiger partial charge on any atom is 0.179 e. The van der Waals surface area contributed by atoms with E-state index < -0.39 is 17.2 Å². The van der Waals surface area contributed by atoms with Crippen molar-refractivity contribution in [1.82, 2.24) is 45.0 Å². The molecule has 0 spiro atoms. The van der Waals surface area contributed by atoms with E-state index in [9.17, 15) is 15.3 Å². The van der Waals surface area contributed by atoms with Crippen LogP contribution in [0.25, 0.3) is 50.2 Å². The van der Waals surface area contributed by atoms with Gasteiger partial charge < -0.3 is 15.3 Å². The summed E-state index contributed by atoms with van der Waals surface area (Å²) < 4.78 is 0. The molecule has 0 saturated carbocycles. The number of phenolic OH excluding ortho intramolecular Hbond substituents is 3. The summed E-state index contributed by atoms with van der Waals surface area (Å²) in [4.78, 5) is 3.27. The van der Waals surface area contributed by atoms with Crippen LogP contribution in [0.3, 0.4) is 0 Å². The molecule has 0 aliphatic rings. The van der Waals surface area contributed by atoms with Gasteiger partial charge in [-0.25, -0.2) is 0 Å². The molecule has 7 rings (SSSR count). The fourth-order valence-corrected chi connectivity index (χ4v) is 4.12. The molecule has 0 bridgehead atoms. The van der Waals surface area contributed by atoms with Crippen LogP contribution < -0.4 is 0 Å². The zero-order chi connectivity index (χ0) is 24.4. The average Bonchev–Trinajstić information content (AvgIpc) is 3.59. The maximum absolute atomic E-state index is 11.3. The van der Waals surface area contributed by atoms with Crippen LogP contribution in [0, 0.1) is 0 Å². The number of fused-ring (bicyclic) bond motifs is 3. The lowest BCUT2D eigenvalue weighted by Crippen LogP contribution is -2.10. The van der Waals surface area contributed by atoms with Gasteiger partial charge in [-0.15, -0.1) is 45.0 Å². The Labute approximate surface area is 200 Å². The van der Waals surface area contributed by atoms with E-state index in [2.05, 4.69) is 30.6 Å². The molecule has 3 aromatic heterocycles. The maximum atomic E-state index is 11.3. The van der Waals surface area contributed by atoms with Gasteiger partial charge in [0.15, 0.2) is 34.3 Å². The Morgan fingerprint density at radius 1 is 0.361 bits per heavy atom. The van der Waals surface area contributed by atoms with Gasteiger partial charge in [0.2, 0.25) is 0 Å². The van der Waals surface area contributed by atoms with E-state index in [1.807, 2.05) is 0 Å². The van der Waals surface area contributed by atoms with E-state index in [1.54, 1.807) is 72.8 Å². The van der Waals surface area contributed by atoms with Gasteiger partial charge in [-0.2, -0.15) is 0 Å². The summed E-state index contributed by atoms with van der Waals surface area (Å²) in [7, 11) is 0. The average molecular weight is 477 g/mol. The van der Waals surface area contributed by atoms with Gasteiger partial charge in [-0.1, -0.05) is 36.4 Å². The smallest absolute Gasteiger partial charge is 0.179 e. The van der Waals surface area contributed by atoms with Crippen LogP contribution in [0.4, 0.5) is 0 Å². The number of nitrogens with zero attached hydrogens (tertiary/aromatic N) is 9. The number of benzene rings is 4. The van der Waals surface area contributed by atoms with Crippen molar-refractivity contribution in [1.29, 1.82) is 0 Å². The van der Waals surface area contributed by atoms with Gasteiger partial charge in [-0.05, 0) is 36.4 Å².